The first kappa shape index (κ1) is 11.6. The van der Waals surface area contributed by atoms with E-state index in [2.05, 4.69) is 31.8 Å². The van der Waals surface area contributed by atoms with Gasteiger partial charge in [0.15, 0.2) is 0 Å². The molecule has 1 atom stereocenters. The maximum atomic E-state index is 6.05. The molecule has 0 spiro atoms. The van der Waals surface area contributed by atoms with Crippen molar-refractivity contribution in [2.75, 3.05) is 14.1 Å². The zero-order chi connectivity index (χ0) is 10.8. The van der Waals surface area contributed by atoms with Crippen LogP contribution in [0.25, 0.3) is 0 Å². The van der Waals surface area contributed by atoms with Crippen molar-refractivity contribution in [1.29, 1.82) is 0 Å². The molecule has 1 rings (SSSR count). The van der Waals surface area contributed by atoms with Crippen molar-refractivity contribution in [1.82, 2.24) is 4.90 Å². The fourth-order valence-electron chi connectivity index (χ4n) is 2.45. The number of rotatable bonds is 2. The van der Waals surface area contributed by atoms with Crippen LogP contribution in [0.15, 0.2) is 0 Å². The van der Waals surface area contributed by atoms with Crippen molar-refractivity contribution in [3.05, 3.63) is 0 Å². The smallest absolute Gasteiger partial charge is 0.0848 e. The third-order valence-electron chi connectivity index (χ3n) is 3.79. The average molecular weight is 194 g/mol. The standard InChI is InChI=1S/C12H22N2/c1-5-11(13)12(14(3)4)8-6-10(2)7-9-12/h1,10-11H,6-9,13H2,2-4H3. The lowest BCUT2D eigenvalue weighted by atomic mass is 9.72. The Morgan fingerprint density at radius 3 is 2.29 bits per heavy atom. The summed E-state index contributed by atoms with van der Waals surface area (Å²) in [5, 5.41) is 0. The Morgan fingerprint density at radius 1 is 1.43 bits per heavy atom. The zero-order valence-corrected chi connectivity index (χ0v) is 9.59. The molecule has 80 valence electrons. The number of likely N-dealkylation sites (N-methyl/N-ethyl adjacent to an activating group) is 1. The minimum atomic E-state index is -0.134. The van der Waals surface area contributed by atoms with E-state index in [9.17, 15) is 0 Å². The molecule has 2 nitrogen and oxygen atoms in total. The fourth-order valence-corrected chi connectivity index (χ4v) is 2.45. The molecule has 2 heteroatoms. The highest BCUT2D eigenvalue weighted by Gasteiger charge is 2.40. The van der Waals surface area contributed by atoms with Crippen LogP contribution in [0.5, 0.6) is 0 Å². The second-order valence-electron chi connectivity index (χ2n) is 4.82. The Hall–Kier alpha value is -0.520. The molecule has 0 aromatic heterocycles. The monoisotopic (exact) mass is 194 g/mol. The van der Waals surface area contributed by atoms with Gasteiger partial charge in [-0.2, -0.15) is 0 Å². The molecule has 1 unspecified atom stereocenters. The van der Waals surface area contributed by atoms with E-state index in [-0.39, 0.29) is 11.6 Å². The van der Waals surface area contributed by atoms with Gasteiger partial charge in [0.2, 0.25) is 0 Å². The third-order valence-corrected chi connectivity index (χ3v) is 3.79. The van der Waals surface area contributed by atoms with Gasteiger partial charge in [0.1, 0.15) is 0 Å². The second kappa shape index (κ2) is 4.33. The van der Waals surface area contributed by atoms with Crippen LogP contribution in [0.3, 0.4) is 0 Å². The summed E-state index contributed by atoms with van der Waals surface area (Å²) in [4.78, 5) is 2.23. The molecule has 0 heterocycles. The second-order valence-corrected chi connectivity index (χ2v) is 4.82. The Morgan fingerprint density at radius 2 is 1.93 bits per heavy atom. The molecule has 0 amide bonds. The SMILES string of the molecule is C#CC(N)C1(N(C)C)CCC(C)CC1. The van der Waals surface area contributed by atoms with Gasteiger partial charge < -0.3 is 10.6 Å². The summed E-state index contributed by atoms with van der Waals surface area (Å²) >= 11 is 0. The van der Waals surface area contributed by atoms with E-state index < -0.39 is 0 Å². The van der Waals surface area contributed by atoms with E-state index in [1.807, 2.05) is 0 Å². The minimum absolute atomic E-state index is 0.0429. The summed E-state index contributed by atoms with van der Waals surface area (Å²) in [6.45, 7) is 2.31. The predicted molar refractivity (Wildman–Crippen MR) is 60.9 cm³/mol. The van der Waals surface area contributed by atoms with Crippen LogP contribution in [0.4, 0.5) is 0 Å². The first-order chi connectivity index (χ1) is 6.53. The Bertz CT molecular complexity index is 219. The average Bonchev–Trinajstić information content (AvgIpc) is 2.18. The molecule has 0 bridgehead atoms. The van der Waals surface area contributed by atoms with E-state index >= 15 is 0 Å². The predicted octanol–water partition coefficient (Wildman–Crippen LogP) is 1.46. The van der Waals surface area contributed by atoms with Gasteiger partial charge in [-0.25, -0.2) is 0 Å². The van der Waals surface area contributed by atoms with Crippen LogP contribution in [0, 0.1) is 18.3 Å². The molecule has 1 fully saturated rings. The molecular weight excluding hydrogens is 172 g/mol. The number of hydrogen-bond donors (Lipinski definition) is 1. The van der Waals surface area contributed by atoms with E-state index in [0.717, 1.165) is 18.8 Å². The van der Waals surface area contributed by atoms with Crippen LogP contribution in [-0.2, 0) is 0 Å². The van der Waals surface area contributed by atoms with Gasteiger partial charge >= 0.3 is 0 Å². The molecule has 0 aliphatic heterocycles. The van der Waals surface area contributed by atoms with Gasteiger partial charge in [-0.15, -0.1) is 6.42 Å². The van der Waals surface area contributed by atoms with E-state index in [0.29, 0.717) is 0 Å². The fraction of sp³-hybridized carbons (Fsp3) is 0.833. The zero-order valence-electron chi connectivity index (χ0n) is 9.59. The van der Waals surface area contributed by atoms with E-state index in [4.69, 9.17) is 12.2 Å². The van der Waals surface area contributed by atoms with Gasteiger partial charge in [0.25, 0.3) is 0 Å². The quantitative estimate of drug-likeness (QED) is 0.674. The lowest BCUT2D eigenvalue weighted by molar-refractivity contribution is 0.0732. The molecule has 0 radical (unpaired) electrons. The van der Waals surface area contributed by atoms with Gasteiger partial charge in [-0.3, -0.25) is 0 Å². The molecule has 0 aromatic carbocycles. The number of nitrogens with zero attached hydrogens (tertiary/aromatic N) is 1. The molecule has 14 heavy (non-hydrogen) atoms. The Labute approximate surface area is 87.8 Å². The number of nitrogens with two attached hydrogens (primary N) is 1. The summed E-state index contributed by atoms with van der Waals surface area (Å²) in [6.07, 6.45) is 10.2. The summed E-state index contributed by atoms with van der Waals surface area (Å²) in [5.74, 6) is 3.53. The van der Waals surface area contributed by atoms with Crippen LogP contribution in [0.1, 0.15) is 32.6 Å². The Balaban J connectivity index is 2.79. The first-order valence-electron chi connectivity index (χ1n) is 5.42. The maximum Gasteiger partial charge on any atom is 0.0848 e. The highest BCUT2D eigenvalue weighted by molar-refractivity contribution is 5.13. The van der Waals surface area contributed by atoms with Crippen LogP contribution in [-0.4, -0.2) is 30.6 Å². The molecule has 1 aliphatic rings. The minimum Gasteiger partial charge on any atom is -0.316 e. The lowest BCUT2D eigenvalue weighted by Crippen LogP contribution is -2.58. The summed E-state index contributed by atoms with van der Waals surface area (Å²) in [6, 6.07) is -0.134. The van der Waals surface area contributed by atoms with Crippen molar-refractivity contribution in [3.8, 4) is 12.3 Å². The van der Waals surface area contributed by atoms with Crippen molar-refractivity contribution in [2.45, 2.75) is 44.2 Å². The molecule has 0 aromatic rings. The van der Waals surface area contributed by atoms with Crippen molar-refractivity contribution in [2.24, 2.45) is 11.7 Å². The van der Waals surface area contributed by atoms with Crippen molar-refractivity contribution >= 4 is 0 Å². The normalized spacial score (nSPS) is 35.3. The Kier molecular flexibility index (Phi) is 3.58. The van der Waals surface area contributed by atoms with Crippen molar-refractivity contribution < 1.29 is 0 Å². The third kappa shape index (κ3) is 1.94. The highest BCUT2D eigenvalue weighted by Crippen LogP contribution is 2.36. The molecule has 1 aliphatic carbocycles. The van der Waals surface area contributed by atoms with Gasteiger partial charge in [0, 0.05) is 5.54 Å². The molecule has 0 saturated heterocycles. The van der Waals surface area contributed by atoms with Crippen LogP contribution >= 0.6 is 0 Å². The van der Waals surface area contributed by atoms with Crippen LogP contribution < -0.4 is 5.73 Å². The van der Waals surface area contributed by atoms with Gasteiger partial charge in [0.05, 0.1) is 6.04 Å². The molecular formula is C12H22N2. The van der Waals surface area contributed by atoms with E-state index in [1.54, 1.807) is 0 Å². The highest BCUT2D eigenvalue weighted by atomic mass is 15.2. The van der Waals surface area contributed by atoms with Crippen LogP contribution in [0.2, 0.25) is 0 Å². The summed E-state index contributed by atoms with van der Waals surface area (Å²) < 4.78 is 0. The summed E-state index contributed by atoms with van der Waals surface area (Å²) in [7, 11) is 4.18. The van der Waals surface area contributed by atoms with Crippen molar-refractivity contribution in [3.63, 3.8) is 0 Å². The largest absolute Gasteiger partial charge is 0.316 e. The van der Waals surface area contributed by atoms with Gasteiger partial charge in [-0.05, 0) is 45.7 Å². The maximum absolute atomic E-state index is 6.05. The lowest BCUT2D eigenvalue weighted by Gasteiger charge is -2.46. The number of hydrogen-bond acceptors (Lipinski definition) is 2. The molecule has 2 N–H and O–H groups in total. The first-order valence-corrected chi connectivity index (χ1v) is 5.42. The van der Waals surface area contributed by atoms with E-state index in [1.165, 1.54) is 12.8 Å². The summed E-state index contributed by atoms with van der Waals surface area (Å²) in [5.41, 5.74) is 6.09. The van der Waals surface area contributed by atoms with Gasteiger partial charge in [-0.1, -0.05) is 12.8 Å². The number of terminal acetylenes is 1. The topological polar surface area (TPSA) is 29.3 Å². The molecule has 1 saturated carbocycles.